The van der Waals surface area contributed by atoms with Gasteiger partial charge in [-0.2, -0.15) is 13.2 Å². The molecule has 0 aliphatic heterocycles. The lowest BCUT2D eigenvalue weighted by Crippen LogP contribution is -2.19. The molecule has 65 valence electrons. The number of ether oxygens (including phenoxy) is 1. The van der Waals surface area contributed by atoms with E-state index in [2.05, 4.69) is 20.9 Å². The van der Waals surface area contributed by atoms with Crippen molar-refractivity contribution in [3.8, 4) is 5.88 Å². The van der Waals surface area contributed by atoms with Crippen molar-refractivity contribution in [2.24, 2.45) is 0 Å². The highest BCUT2D eigenvalue weighted by molar-refractivity contribution is 5.00. The normalized spacial score (nSPS) is 11.2. The standard InChI is InChI=1S/C6H4F3N2O/c7-6(8,9)4-12-5-3-10-1-2-11-5/h1,3H,4H2. The third-order valence-electron chi connectivity index (χ3n) is 0.876. The lowest BCUT2D eigenvalue weighted by atomic mass is 10.7. The van der Waals surface area contributed by atoms with E-state index in [-0.39, 0.29) is 5.88 Å². The Morgan fingerprint density at radius 3 is 2.75 bits per heavy atom. The van der Waals surface area contributed by atoms with Crippen LogP contribution >= 0.6 is 0 Å². The molecule has 0 unspecified atom stereocenters. The Morgan fingerprint density at radius 2 is 2.25 bits per heavy atom. The maximum atomic E-state index is 11.6. The van der Waals surface area contributed by atoms with Crippen LogP contribution in [-0.4, -0.2) is 22.8 Å². The molecule has 1 aromatic rings. The molecule has 0 aromatic carbocycles. The number of rotatable bonds is 2. The number of hydrogen-bond donors (Lipinski definition) is 0. The van der Waals surface area contributed by atoms with Crippen LogP contribution in [0.4, 0.5) is 13.2 Å². The van der Waals surface area contributed by atoms with Crippen LogP contribution in [0.5, 0.6) is 5.88 Å². The van der Waals surface area contributed by atoms with E-state index in [0.717, 1.165) is 6.20 Å². The largest absolute Gasteiger partial charge is 0.467 e. The Labute approximate surface area is 66.2 Å². The van der Waals surface area contributed by atoms with Crippen LogP contribution in [0.2, 0.25) is 0 Å². The zero-order valence-electron chi connectivity index (χ0n) is 5.80. The lowest BCUT2D eigenvalue weighted by Gasteiger charge is -2.06. The summed E-state index contributed by atoms with van der Waals surface area (Å²) < 4.78 is 38.9. The third-order valence-corrected chi connectivity index (χ3v) is 0.876. The molecule has 1 radical (unpaired) electrons. The molecule has 0 saturated carbocycles. The van der Waals surface area contributed by atoms with Crippen molar-refractivity contribution in [2.45, 2.75) is 6.18 Å². The van der Waals surface area contributed by atoms with Crippen molar-refractivity contribution in [3.63, 3.8) is 0 Å². The molecule has 0 amide bonds. The molecule has 0 spiro atoms. The van der Waals surface area contributed by atoms with Crippen LogP contribution < -0.4 is 4.74 Å². The van der Waals surface area contributed by atoms with Gasteiger partial charge in [0.15, 0.2) is 6.61 Å². The zero-order chi connectivity index (χ0) is 9.03. The van der Waals surface area contributed by atoms with Crippen molar-refractivity contribution in [1.29, 1.82) is 0 Å². The van der Waals surface area contributed by atoms with E-state index < -0.39 is 12.8 Å². The SMILES string of the molecule is FC(F)(F)COc1cnc[c]n1. The Hall–Kier alpha value is -1.33. The van der Waals surface area contributed by atoms with Crippen molar-refractivity contribution < 1.29 is 17.9 Å². The van der Waals surface area contributed by atoms with Crippen molar-refractivity contribution in [3.05, 3.63) is 18.6 Å². The second kappa shape index (κ2) is 3.38. The van der Waals surface area contributed by atoms with Gasteiger partial charge in [-0.25, -0.2) is 4.98 Å². The number of alkyl halides is 3. The van der Waals surface area contributed by atoms with Crippen LogP contribution in [0.15, 0.2) is 12.4 Å². The van der Waals surface area contributed by atoms with E-state index in [1.807, 2.05) is 0 Å². The van der Waals surface area contributed by atoms with Crippen LogP contribution in [-0.2, 0) is 0 Å². The molecule has 1 aromatic heterocycles. The summed E-state index contributed by atoms with van der Waals surface area (Å²) in [6.45, 7) is -1.36. The molecule has 1 rings (SSSR count). The molecular formula is C6H4F3N2O. The molecule has 6 heteroatoms. The lowest BCUT2D eigenvalue weighted by molar-refractivity contribution is -0.154. The minimum absolute atomic E-state index is 0.185. The van der Waals surface area contributed by atoms with Crippen molar-refractivity contribution >= 4 is 0 Å². The maximum Gasteiger partial charge on any atom is 0.422 e. The van der Waals surface area contributed by atoms with Gasteiger partial charge in [-0.15, -0.1) is 0 Å². The summed E-state index contributed by atoms with van der Waals surface area (Å²) >= 11 is 0. The molecular weight excluding hydrogens is 173 g/mol. The first-order valence-electron chi connectivity index (χ1n) is 2.95. The van der Waals surface area contributed by atoms with E-state index in [0.29, 0.717) is 0 Å². The van der Waals surface area contributed by atoms with Gasteiger partial charge in [0.2, 0.25) is 5.88 Å². The quantitative estimate of drug-likeness (QED) is 0.681. The number of hydrogen-bond acceptors (Lipinski definition) is 3. The van der Waals surface area contributed by atoms with Gasteiger partial charge in [0.25, 0.3) is 0 Å². The zero-order valence-corrected chi connectivity index (χ0v) is 5.80. The number of nitrogens with zero attached hydrogens (tertiary/aromatic N) is 2. The van der Waals surface area contributed by atoms with Crippen LogP contribution in [0.3, 0.4) is 0 Å². The molecule has 0 saturated heterocycles. The fourth-order valence-corrected chi connectivity index (χ4v) is 0.481. The molecule has 12 heavy (non-hydrogen) atoms. The summed E-state index contributed by atoms with van der Waals surface area (Å²) in [5, 5.41) is 0. The average molecular weight is 177 g/mol. The Bertz CT molecular complexity index is 236. The van der Waals surface area contributed by atoms with Gasteiger partial charge in [0.1, 0.15) is 6.20 Å². The summed E-state index contributed by atoms with van der Waals surface area (Å²) in [6, 6.07) is 0. The smallest absolute Gasteiger partial charge is 0.422 e. The highest BCUT2D eigenvalue weighted by Gasteiger charge is 2.28. The van der Waals surface area contributed by atoms with Crippen LogP contribution in [0.1, 0.15) is 0 Å². The molecule has 0 aliphatic rings. The predicted octanol–water partition coefficient (Wildman–Crippen LogP) is 1.22. The van der Waals surface area contributed by atoms with E-state index in [1.54, 1.807) is 0 Å². The highest BCUT2D eigenvalue weighted by Crippen LogP contribution is 2.15. The minimum Gasteiger partial charge on any atom is -0.467 e. The van der Waals surface area contributed by atoms with Gasteiger partial charge < -0.3 is 4.74 Å². The summed E-state index contributed by atoms with van der Waals surface area (Å²) in [5.41, 5.74) is 0. The monoisotopic (exact) mass is 177 g/mol. The van der Waals surface area contributed by atoms with Gasteiger partial charge >= 0.3 is 6.18 Å². The first-order chi connectivity index (χ1) is 5.58. The average Bonchev–Trinajstić information content (AvgIpc) is 2.02. The Balaban J connectivity index is 2.44. The van der Waals surface area contributed by atoms with Crippen molar-refractivity contribution in [1.82, 2.24) is 9.97 Å². The fraction of sp³-hybridized carbons (Fsp3) is 0.333. The molecule has 0 bridgehead atoms. The van der Waals surface area contributed by atoms with E-state index >= 15 is 0 Å². The summed E-state index contributed by atoms with van der Waals surface area (Å²) in [4.78, 5) is 6.85. The van der Waals surface area contributed by atoms with Gasteiger partial charge in [-0.05, 0) is 0 Å². The maximum absolute atomic E-state index is 11.6. The Kier molecular flexibility index (Phi) is 2.47. The van der Waals surface area contributed by atoms with Gasteiger partial charge in [-0.3, -0.25) is 4.98 Å². The van der Waals surface area contributed by atoms with Gasteiger partial charge in [0.05, 0.1) is 12.4 Å². The minimum atomic E-state index is -4.35. The summed E-state index contributed by atoms with van der Waals surface area (Å²) in [5.74, 6) is -0.185. The first kappa shape index (κ1) is 8.76. The van der Waals surface area contributed by atoms with Crippen LogP contribution in [0.25, 0.3) is 0 Å². The van der Waals surface area contributed by atoms with Gasteiger partial charge in [0, 0.05) is 0 Å². The molecule has 0 N–H and O–H groups in total. The molecule has 1 heterocycles. The predicted molar refractivity (Wildman–Crippen MR) is 32.4 cm³/mol. The van der Waals surface area contributed by atoms with Gasteiger partial charge in [-0.1, -0.05) is 0 Å². The topological polar surface area (TPSA) is 35.0 Å². The van der Waals surface area contributed by atoms with Crippen LogP contribution in [0, 0.1) is 6.20 Å². The third kappa shape index (κ3) is 3.18. The summed E-state index contributed by atoms with van der Waals surface area (Å²) in [6.07, 6.45) is 0.202. The van der Waals surface area contributed by atoms with E-state index in [9.17, 15) is 13.2 Å². The molecule has 3 nitrogen and oxygen atoms in total. The molecule has 0 fully saturated rings. The summed E-state index contributed by atoms with van der Waals surface area (Å²) in [7, 11) is 0. The second-order valence-corrected chi connectivity index (χ2v) is 1.89. The fourth-order valence-electron chi connectivity index (χ4n) is 0.481. The second-order valence-electron chi connectivity index (χ2n) is 1.89. The molecule has 0 aliphatic carbocycles. The van der Waals surface area contributed by atoms with E-state index in [1.165, 1.54) is 6.20 Å². The van der Waals surface area contributed by atoms with E-state index in [4.69, 9.17) is 0 Å². The first-order valence-corrected chi connectivity index (χ1v) is 2.95. The number of aromatic nitrogens is 2. The Morgan fingerprint density at radius 1 is 1.50 bits per heavy atom. The highest BCUT2D eigenvalue weighted by atomic mass is 19.4. The number of halogens is 3. The van der Waals surface area contributed by atoms with Crippen molar-refractivity contribution in [2.75, 3.05) is 6.61 Å². The molecule has 0 atom stereocenters.